The number of rotatable bonds is 8. The van der Waals surface area contributed by atoms with Gasteiger partial charge in [0.25, 0.3) is 0 Å². The van der Waals surface area contributed by atoms with Crippen LogP contribution >= 0.6 is 11.8 Å². The van der Waals surface area contributed by atoms with Crippen molar-refractivity contribution >= 4 is 17.7 Å². The van der Waals surface area contributed by atoms with Crippen molar-refractivity contribution in [3.63, 3.8) is 0 Å². The summed E-state index contributed by atoms with van der Waals surface area (Å²) >= 11 is 1.77. The molecule has 0 bridgehead atoms. The largest absolute Gasteiger partial charge is 0.353 e. The Labute approximate surface area is 97.8 Å². The van der Waals surface area contributed by atoms with E-state index in [-0.39, 0.29) is 5.91 Å². The molecule has 0 fully saturated rings. The fourth-order valence-corrected chi connectivity index (χ4v) is 1.96. The van der Waals surface area contributed by atoms with E-state index in [2.05, 4.69) is 37.7 Å². The summed E-state index contributed by atoms with van der Waals surface area (Å²) in [6.45, 7) is 7.04. The van der Waals surface area contributed by atoms with Crippen LogP contribution in [0.3, 0.4) is 0 Å². The summed E-state index contributed by atoms with van der Waals surface area (Å²) in [4.78, 5) is 11.5. The van der Waals surface area contributed by atoms with Gasteiger partial charge in [0, 0.05) is 30.8 Å². The first-order valence-corrected chi connectivity index (χ1v) is 7.01. The second-order valence-electron chi connectivity index (χ2n) is 3.99. The topological polar surface area (TPSA) is 41.1 Å². The summed E-state index contributed by atoms with van der Waals surface area (Å²) in [6.07, 6.45) is 3.64. The molecule has 90 valence electrons. The average molecular weight is 232 g/mol. The Hall–Kier alpha value is -0.220. The molecule has 0 radical (unpaired) electrons. The number of hydrogen-bond acceptors (Lipinski definition) is 3. The first kappa shape index (κ1) is 14.8. The third kappa shape index (κ3) is 8.75. The molecule has 0 saturated heterocycles. The Morgan fingerprint density at radius 2 is 2.07 bits per heavy atom. The minimum absolute atomic E-state index is 0.157. The quantitative estimate of drug-likeness (QED) is 0.668. The first-order valence-electron chi connectivity index (χ1n) is 5.61. The van der Waals surface area contributed by atoms with Crippen LogP contribution in [0.2, 0.25) is 0 Å². The zero-order valence-electron chi connectivity index (χ0n) is 10.3. The van der Waals surface area contributed by atoms with E-state index in [0.29, 0.717) is 18.5 Å². The molecule has 1 atom stereocenters. The van der Waals surface area contributed by atoms with Gasteiger partial charge in [0.1, 0.15) is 0 Å². The highest BCUT2D eigenvalue weighted by Gasteiger charge is 2.09. The maximum atomic E-state index is 11.5. The molecule has 3 nitrogen and oxygen atoms in total. The monoisotopic (exact) mass is 232 g/mol. The molecule has 0 aromatic heterocycles. The Kier molecular flexibility index (Phi) is 8.91. The van der Waals surface area contributed by atoms with Crippen molar-refractivity contribution in [1.82, 2.24) is 10.6 Å². The molecular formula is C11H24N2OS. The van der Waals surface area contributed by atoms with Gasteiger partial charge in [0.15, 0.2) is 0 Å². The summed E-state index contributed by atoms with van der Waals surface area (Å²) in [5.41, 5.74) is 0. The maximum absolute atomic E-state index is 11.5. The fraction of sp³-hybridized carbons (Fsp3) is 0.909. The van der Waals surface area contributed by atoms with E-state index in [4.69, 9.17) is 0 Å². The van der Waals surface area contributed by atoms with Gasteiger partial charge in [-0.05, 0) is 12.7 Å². The normalized spacial score (nSPS) is 12.9. The third-order valence-electron chi connectivity index (χ3n) is 2.13. The molecule has 0 rings (SSSR count). The second kappa shape index (κ2) is 9.04. The highest BCUT2D eigenvalue weighted by Crippen LogP contribution is 2.01. The average Bonchev–Trinajstić information content (AvgIpc) is 2.16. The van der Waals surface area contributed by atoms with Gasteiger partial charge in [-0.1, -0.05) is 20.8 Å². The highest BCUT2D eigenvalue weighted by molar-refractivity contribution is 7.98. The van der Waals surface area contributed by atoms with E-state index >= 15 is 0 Å². The van der Waals surface area contributed by atoms with Crippen LogP contribution in [0.1, 0.15) is 33.6 Å². The lowest BCUT2D eigenvalue weighted by Gasteiger charge is -2.16. The van der Waals surface area contributed by atoms with Crippen molar-refractivity contribution in [3.05, 3.63) is 0 Å². The summed E-state index contributed by atoms with van der Waals surface area (Å²) < 4.78 is 0. The van der Waals surface area contributed by atoms with Gasteiger partial charge >= 0.3 is 0 Å². The van der Waals surface area contributed by atoms with Crippen LogP contribution in [0, 0.1) is 0 Å². The molecule has 15 heavy (non-hydrogen) atoms. The SMILES string of the molecule is CCC(CSC)NC(=O)CCNC(C)C. The Balaban J connectivity index is 3.61. The van der Waals surface area contributed by atoms with E-state index < -0.39 is 0 Å². The van der Waals surface area contributed by atoms with Crippen LogP contribution in [0.5, 0.6) is 0 Å². The lowest BCUT2D eigenvalue weighted by Crippen LogP contribution is -2.38. The van der Waals surface area contributed by atoms with Crippen LogP contribution in [0.25, 0.3) is 0 Å². The zero-order chi connectivity index (χ0) is 11.7. The number of amides is 1. The second-order valence-corrected chi connectivity index (χ2v) is 4.90. The third-order valence-corrected chi connectivity index (χ3v) is 2.87. The molecule has 0 aromatic rings. The molecule has 0 aliphatic carbocycles. The standard InChI is InChI=1S/C11H24N2OS/c1-5-10(8-15-4)13-11(14)6-7-12-9(2)3/h9-10,12H,5-8H2,1-4H3,(H,13,14). The summed E-state index contributed by atoms with van der Waals surface area (Å²) in [5, 5.41) is 6.28. The lowest BCUT2D eigenvalue weighted by atomic mass is 10.2. The van der Waals surface area contributed by atoms with Crippen molar-refractivity contribution in [3.8, 4) is 0 Å². The maximum Gasteiger partial charge on any atom is 0.221 e. The minimum atomic E-state index is 0.157. The highest BCUT2D eigenvalue weighted by atomic mass is 32.2. The van der Waals surface area contributed by atoms with Crippen molar-refractivity contribution < 1.29 is 4.79 Å². The van der Waals surface area contributed by atoms with Crippen LogP contribution < -0.4 is 10.6 Å². The first-order chi connectivity index (χ1) is 7.10. The summed E-state index contributed by atoms with van der Waals surface area (Å²) in [7, 11) is 0. The molecule has 1 unspecified atom stereocenters. The van der Waals surface area contributed by atoms with E-state index in [0.717, 1.165) is 18.7 Å². The molecule has 0 aromatic carbocycles. The van der Waals surface area contributed by atoms with Crippen LogP contribution in [0.4, 0.5) is 0 Å². The van der Waals surface area contributed by atoms with E-state index in [1.165, 1.54) is 0 Å². The molecule has 0 saturated carbocycles. The Morgan fingerprint density at radius 1 is 1.40 bits per heavy atom. The van der Waals surface area contributed by atoms with Gasteiger partial charge in [-0.2, -0.15) is 11.8 Å². The predicted octanol–water partition coefficient (Wildman–Crippen LogP) is 1.63. The van der Waals surface area contributed by atoms with Crippen molar-refractivity contribution in [1.29, 1.82) is 0 Å². The number of hydrogen-bond donors (Lipinski definition) is 2. The molecule has 0 heterocycles. The summed E-state index contributed by atoms with van der Waals surface area (Å²) in [5.74, 6) is 1.16. The van der Waals surface area contributed by atoms with Gasteiger partial charge in [0.2, 0.25) is 5.91 Å². The number of carbonyl (C=O) groups is 1. The fourth-order valence-electron chi connectivity index (χ4n) is 1.24. The van der Waals surface area contributed by atoms with Crippen LogP contribution in [-0.2, 0) is 4.79 Å². The number of nitrogens with one attached hydrogen (secondary N) is 2. The Morgan fingerprint density at radius 3 is 2.53 bits per heavy atom. The van der Waals surface area contributed by atoms with Crippen LogP contribution in [-0.4, -0.2) is 36.5 Å². The number of thioether (sulfide) groups is 1. The minimum Gasteiger partial charge on any atom is -0.353 e. The molecule has 0 spiro atoms. The molecule has 1 amide bonds. The summed E-state index contributed by atoms with van der Waals surface area (Å²) in [6, 6.07) is 0.775. The number of carbonyl (C=O) groups excluding carboxylic acids is 1. The smallest absolute Gasteiger partial charge is 0.221 e. The van der Waals surface area contributed by atoms with E-state index in [1.807, 2.05) is 0 Å². The van der Waals surface area contributed by atoms with Crippen molar-refractivity contribution in [2.24, 2.45) is 0 Å². The van der Waals surface area contributed by atoms with Gasteiger partial charge in [-0.25, -0.2) is 0 Å². The van der Waals surface area contributed by atoms with Crippen LogP contribution in [0.15, 0.2) is 0 Å². The lowest BCUT2D eigenvalue weighted by molar-refractivity contribution is -0.121. The van der Waals surface area contributed by atoms with Gasteiger partial charge < -0.3 is 10.6 Å². The van der Waals surface area contributed by atoms with Gasteiger partial charge in [0.05, 0.1) is 0 Å². The zero-order valence-corrected chi connectivity index (χ0v) is 11.1. The molecule has 4 heteroatoms. The Bertz CT molecular complexity index is 174. The molecular weight excluding hydrogens is 208 g/mol. The van der Waals surface area contributed by atoms with Crippen molar-refractivity contribution in [2.75, 3.05) is 18.6 Å². The van der Waals surface area contributed by atoms with Gasteiger partial charge in [-0.15, -0.1) is 0 Å². The van der Waals surface area contributed by atoms with Gasteiger partial charge in [-0.3, -0.25) is 4.79 Å². The predicted molar refractivity (Wildman–Crippen MR) is 68.4 cm³/mol. The molecule has 0 aliphatic heterocycles. The van der Waals surface area contributed by atoms with Crippen molar-refractivity contribution in [2.45, 2.75) is 45.7 Å². The molecule has 2 N–H and O–H groups in total. The van der Waals surface area contributed by atoms with E-state index in [9.17, 15) is 4.79 Å². The van der Waals surface area contributed by atoms with E-state index in [1.54, 1.807) is 11.8 Å². The molecule has 0 aliphatic rings.